The number of nitrogens with two attached hydrogens (primary N) is 1. The minimum Gasteiger partial charge on any atom is -0.384 e. The second-order valence-electron chi connectivity index (χ2n) is 4.75. The number of hydrogen-bond acceptors (Lipinski definition) is 3. The van der Waals surface area contributed by atoms with E-state index >= 15 is 0 Å². The predicted octanol–water partition coefficient (Wildman–Crippen LogP) is 2.04. The van der Waals surface area contributed by atoms with Crippen molar-refractivity contribution in [3.63, 3.8) is 0 Å². The van der Waals surface area contributed by atoms with Crippen LogP contribution in [0.25, 0.3) is 0 Å². The van der Waals surface area contributed by atoms with Gasteiger partial charge in [-0.2, -0.15) is 0 Å². The number of pyridine rings is 1. The van der Waals surface area contributed by atoms with Crippen molar-refractivity contribution in [1.29, 1.82) is 0 Å². The van der Waals surface area contributed by atoms with Gasteiger partial charge in [0.2, 0.25) is 0 Å². The lowest BCUT2D eigenvalue weighted by molar-refractivity contribution is 0.709. The van der Waals surface area contributed by atoms with E-state index in [-0.39, 0.29) is 0 Å². The molecule has 0 spiro atoms. The Labute approximate surface area is 90.3 Å². The summed E-state index contributed by atoms with van der Waals surface area (Å²) < 4.78 is 0. The van der Waals surface area contributed by atoms with E-state index in [1.165, 1.54) is 32.2 Å². The Morgan fingerprint density at radius 1 is 1.27 bits per heavy atom. The highest BCUT2D eigenvalue weighted by Crippen LogP contribution is 2.37. The van der Waals surface area contributed by atoms with Gasteiger partial charge < -0.3 is 10.6 Å². The van der Waals surface area contributed by atoms with Gasteiger partial charge in [0.05, 0.1) is 0 Å². The monoisotopic (exact) mass is 203 g/mol. The molecule has 1 aromatic heterocycles. The van der Waals surface area contributed by atoms with Gasteiger partial charge >= 0.3 is 0 Å². The smallest absolute Gasteiger partial charge is 0.131 e. The second-order valence-corrected chi connectivity index (χ2v) is 4.75. The zero-order valence-corrected chi connectivity index (χ0v) is 8.89. The number of hydrogen-bond donors (Lipinski definition) is 1. The highest BCUT2D eigenvalue weighted by atomic mass is 15.2. The zero-order chi connectivity index (χ0) is 10.3. The van der Waals surface area contributed by atoms with Crippen LogP contribution in [0.15, 0.2) is 18.2 Å². The summed E-state index contributed by atoms with van der Waals surface area (Å²) in [5.41, 5.74) is 5.73. The largest absolute Gasteiger partial charge is 0.384 e. The minimum absolute atomic E-state index is 0.633. The quantitative estimate of drug-likeness (QED) is 0.814. The Hall–Kier alpha value is -1.25. The van der Waals surface area contributed by atoms with Crippen LogP contribution in [-0.4, -0.2) is 17.6 Å². The maximum atomic E-state index is 5.73. The molecule has 2 N–H and O–H groups in total. The molecule has 0 aliphatic heterocycles. The van der Waals surface area contributed by atoms with E-state index in [1.807, 2.05) is 12.1 Å². The molecule has 0 saturated heterocycles. The number of anilines is 2. The lowest BCUT2D eigenvalue weighted by Gasteiger charge is -2.23. The summed E-state index contributed by atoms with van der Waals surface area (Å²) in [5.74, 6) is 2.62. The van der Waals surface area contributed by atoms with Crippen LogP contribution in [0.1, 0.15) is 25.7 Å². The van der Waals surface area contributed by atoms with E-state index in [0.29, 0.717) is 5.82 Å². The van der Waals surface area contributed by atoms with Crippen LogP contribution in [0, 0.1) is 5.92 Å². The molecule has 0 unspecified atom stereocenters. The first-order valence-corrected chi connectivity index (χ1v) is 5.82. The fourth-order valence-electron chi connectivity index (χ4n) is 1.99. The maximum Gasteiger partial charge on any atom is 0.131 e. The number of aromatic nitrogens is 1. The average Bonchev–Trinajstić information content (AvgIpc) is 3.08. The molecule has 2 fully saturated rings. The van der Waals surface area contributed by atoms with Crippen molar-refractivity contribution in [2.75, 3.05) is 17.2 Å². The first kappa shape index (κ1) is 9.01. The SMILES string of the molecule is Nc1cccc(N(CC2CC2)C2CC2)n1. The molecule has 2 saturated carbocycles. The van der Waals surface area contributed by atoms with Crippen molar-refractivity contribution in [2.45, 2.75) is 31.7 Å². The molecule has 0 amide bonds. The normalized spacial score (nSPS) is 20.3. The Morgan fingerprint density at radius 3 is 2.67 bits per heavy atom. The third-order valence-electron chi connectivity index (χ3n) is 3.19. The Bertz CT molecular complexity index is 356. The standard InChI is InChI=1S/C12H17N3/c13-11-2-1-3-12(14-11)15(10-6-7-10)8-9-4-5-9/h1-3,9-10H,4-8H2,(H2,13,14). The summed E-state index contributed by atoms with van der Waals surface area (Å²) in [4.78, 5) is 6.87. The van der Waals surface area contributed by atoms with E-state index in [0.717, 1.165) is 17.8 Å². The van der Waals surface area contributed by atoms with Crippen molar-refractivity contribution in [1.82, 2.24) is 4.98 Å². The van der Waals surface area contributed by atoms with E-state index in [4.69, 9.17) is 5.73 Å². The van der Waals surface area contributed by atoms with Crippen molar-refractivity contribution in [2.24, 2.45) is 5.92 Å². The summed E-state index contributed by atoms with van der Waals surface area (Å²) in [6.45, 7) is 1.18. The van der Waals surface area contributed by atoms with Gasteiger partial charge in [-0.3, -0.25) is 0 Å². The molecule has 2 aliphatic carbocycles. The Balaban J connectivity index is 1.80. The Kier molecular flexibility index (Phi) is 2.04. The molecule has 3 heteroatoms. The third kappa shape index (κ3) is 2.06. The molecule has 1 heterocycles. The minimum atomic E-state index is 0.633. The van der Waals surface area contributed by atoms with Crippen LogP contribution in [0.2, 0.25) is 0 Å². The molecule has 3 nitrogen and oxygen atoms in total. The van der Waals surface area contributed by atoms with Gasteiger partial charge in [0.25, 0.3) is 0 Å². The molecule has 0 radical (unpaired) electrons. The summed E-state index contributed by atoms with van der Waals surface area (Å²) >= 11 is 0. The lowest BCUT2D eigenvalue weighted by Crippen LogP contribution is -2.28. The van der Waals surface area contributed by atoms with Crippen molar-refractivity contribution < 1.29 is 0 Å². The number of rotatable bonds is 4. The van der Waals surface area contributed by atoms with E-state index in [9.17, 15) is 0 Å². The van der Waals surface area contributed by atoms with Gasteiger partial charge in [-0.05, 0) is 43.7 Å². The van der Waals surface area contributed by atoms with Gasteiger partial charge in [-0.25, -0.2) is 4.98 Å². The van der Waals surface area contributed by atoms with Crippen LogP contribution < -0.4 is 10.6 Å². The fourth-order valence-corrected chi connectivity index (χ4v) is 1.99. The highest BCUT2D eigenvalue weighted by Gasteiger charge is 2.34. The van der Waals surface area contributed by atoms with Crippen molar-refractivity contribution in [3.05, 3.63) is 18.2 Å². The molecular formula is C12H17N3. The van der Waals surface area contributed by atoms with Crippen molar-refractivity contribution in [3.8, 4) is 0 Å². The first-order valence-electron chi connectivity index (χ1n) is 5.82. The van der Waals surface area contributed by atoms with Gasteiger partial charge in [0, 0.05) is 12.6 Å². The third-order valence-corrected chi connectivity index (χ3v) is 3.19. The van der Waals surface area contributed by atoms with E-state index in [2.05, 4.69) is 16.0 Å². The van der Waals surface area contributed by atoms with Gasteiger partial charge in [0.15, 0.2) is 0 Å². The summed E-state index contributed by atoms with van der Waals surface area (Å²) in [5, 5.41) is 0. The first-order chi connectivity index (χ1) is 7.33. The lowest BCUT2D eigenvalue weighted by atomic mass is 10.3. The van der Waals surface area contributed by atoms with Crippen LogP contribution in [0.5, 0.6) is 0 Å². The van der Waals surface area contributed by atoms with Gasteiger partial charge in [-0.15, -0.1) is 0 Å². The van der Waals surface area contributed by atoms with Crippen molar-refractivity contribution >= 4 is 11.6 Å². The molecule has 2 aliphatic rings. The van der Waals surface area contributed by atoms with Gasteiger partial charge in [0.1, 0.15) is 11.6 Å². The van der Waals surface area contributed by atoms with Crippen LogP contribution >= 0.6 is 0 Å². The summed E-state index contributed by atoms with van der Waals surface area (Å²) in [6, 6.07) is 6.67. The van der Waals surface area contributed by atoms with Gasteiger partial charge in [-0.1, -0.05) is 6.07 Å². The highest BCUT2D eigenvalue weighted by molar-refractivity contribution is 5.47. The predicted molar refractivity (Wildman–Crippen MR) is 61.7 cm³/mol. The van der Waals surface area contributed by atoms with Crippen LogP contribution in [-0.2, 0) is 0 Å². The molecule has 15 heavy (non-hydrogen) atoms. The van der Waals surface area contributed by atoms with E-state index in [1.54, 1.807) is 0 Å². The molecule has 0 atom stereocenters. The van der Waals surface area contributed by atoms with Crippen LogP contribution in [0.4, 0.5) is 11.6 Å². The number of nitrogen functional groups attached to an aromatic ring is 1. The van der Waals surface area contributed by atoms with Crippen LogP contribution in [0.3, 0.4) is 0 Å². The molecule has 0 aromatic carbocycles. The molecule has 3 rings (SSSR count). The molecule has 80 valence electrons. The second kappa shape index (κ2) is 3.40. The maximum absolute atomic E-state index is 5.73. The summed E-state index contributed by atoms with van der Waals surface area (Å²) in [7, 11) is 0. The fraction of sp³-hybridized carbons (Fsp3) is 0.583. The summed E-state index contributed by atoms with van der Waals surface area (Å²) in [6.07, 6.45) is 5.43. The molecular weight excluding hydrogens is 186 g/mol. The average molecular weight is 203 g/mol. The topological polar surface area (TPSA) is 42.1 Å². The molecule has 1 aromatic rings. The number of nitrogens with zero attached hydrogens (tertiary/aromatic N) is 2. The zero-order valence-electron chi connectivity index (χ0n) is 8.89. The van der Waals surface area contributed by atoms with E-state index < -0.39 is 0 Å². The molecule has 0 bridgehead atoms. The Morgan fingerprint density at radius 2 is 2.07 bits per heavy atom.